The van der Waals surface area contributed by atoms with Crippen LogP contribution in [-0.2, 0) is 11.3 Å². The number of aliphatic imine (C=N–C) groups is 1. The van der Waals surface area contributed by atoms with Crippen molar-refractivity contribution in [3.8, 4) is 0 Å². The van der Waals surface area contributed by atoms with Crippen molar-refractivity contribution in [2.75, 3.05) is 26.7 Å². The van der Waals surface area contributed by atoms with Crippen molar-refractivity contribution >= 4 is 11.9 Å². The van der Waals surface area contributed by atoms with E-state index in [2.05, 4.69) is 42.9 Å². The Morgan fingerprint density at radius 3 is 2.36 bits per heavy atom. The van der Waals surface area contributed by atoms with Crippen molar-refractivity contribution in [1.82, 2.24) is 15.1 Å². The Morgan fingerprint density at radius 2 is 1.88 bits per heavy atom. The van der Waals surface area contributed by atoms with E-state index in [-0.39, 0.29) is 23.4 Å². The molecule has 1 aliphatic heterocycles. The molecule has 0 radical (unpaired) electrons. The second kappa shape index (κ2) is 7.46. The quantitative estimate of drug-likeness (QED) is 0.660. The van der Waals surface area contributed by atoms with Gasteiger partial charge in [-0.25, -0.2) is 0 Å². The molecule has 0 spiro atoms. The van der Waals surface area contributed by atoms with Crippen LogP contribution < -0.4 is 5.32 Å². The molecule has 0 aliphatic carbocycles. The summed E-state index contributed by atoms with van der Waals surface area (Å²) < 4.78 is 0. The summed E-state index contributed by atoms with van der Waals surface area (Å²) in [5, 5.41) is 3.25. The van der Waals surface area contributed by atoms with E-state index >= 15 is 0 Å². The first-order valence-corrected chi connectivity index (χ1v) is 9.03. The van der Waals surface area contributed by atoms with E-state index in [0.717, 1.165) is 18.1 Å². The molecule has 0 aromatic heterocycles. The lowest BCUT2D eigenvalue weighted by Gasteiger charge is -2.62. The fourth-order valence-electron chi connectivity index (χ4n) is 3.14. The molecule has 0 bridgehead atoms. The minimum Gasteiger partial charge on any atom is -0.347 e. The third-order valence-electron chi connectivity index (χ3n) is 5.70. The van der Waals surface area contributed by atoms with Crippen LogP contribution in [-0.4, -0.2) is 53.9 Å². The first kappa shape index (κ1) is 19.3. The number of carbonyl (C=O) groups is 1. The summed E-state index contributed by atoms with van der Waals surface area (Å²) in [5.41, 5.74) is 1.40. The molecule has 0 atom stereocenters. The zero-order chi connectivity index (χ0) is 18.7. The van der Waals surface area contributed by atoms with Gasteiger partial charge >= 0.3 is 0 Å². The summed E-state index contributed by atoms with van der Waals surface area (Å²) in [7, 11) is 1.77. The number of amides is 1. The Hall–Kier alpha value is -2.04. The van der Waals surface area contributed by atoms with Crippen molar-refractivity contribution in [1.29, 1.82) is 0 Å². The van der Waals surface area contributed by atoms with Gasteiger partial charge in [-0.05, 0) is 26.3 Å². The summed E-state index contributed by atoms with van der Waals surface area (Å²) in [6, 6.07) is 10.1. The standard InChI is InChI=1S/C20H32N4O/c1-7-23(14-16-11-9-8-10-12-16)17(25)13-22-18(21-6)24-15-19(2,3)20(24,4)5/h8-12H,7,13-15H2,1-6H3,(H,21,22). The molecule has 2 rings (SSSR count). The van der Waals surface area contributed by atoms with Gasteiger partial charge in [-0.15, -0.1) is 0 Å². The van der Waals surface area contributed by atoms with E-state index in [1.54, 1.807) is 7.05 Å². The summed E-state index contributed by atoms with van der Waals surface area (Å²) in [5.74, 6) is 0.888. The van der Waals surface area contributed by atoms with Crippen molar-refractivity contribution in [3.05, 3.63) is 35.9 Å². The Labute approximate surface area is 152 Å². The van der Waals surface area contributed by atoms with Crippen LogP contribution in [0, 0.1) is 5.41 Å². The summed E-state index contributed by atoms with van der Waals surface area (Å²) >= 11 is 0. The second-order valence-corrected chi connectivity index (χ2v) is 7.82. The zero-order valence-electron chi connectivity index (χ0n) is 16.5. The van der Waals surface area contributed by atoms with Crippen LogP contribution in [0.25, 0.3) is 0 Å². The van der Waals surface area contributed by atoms with Crippen LogP contribution in [0.4, 0.5) is 0 Å². The summed E-state index contributed by atoms with van der Waals surface area (Å²) in [4.78, 5) is 21.1. The normalized spacial score (nSPS) is 18.5. The number of likely N-dealkylation sites (N-methyl/N-ethyl adjacent to an activating group) is 1. The molecule has 5 heteroatoms. The molecular weight excluding hydrogens is 312 g/mol. The van der Waals surface area contributed by atoms with Gasteiger partial charge in [0.2, 0.25) is 5.91 Å². The molecule has 0 saturated carbocycles. The molecule has 1 N–H and O–H groups in total. The van der Waals surface area contributed by atoms with Crippen LogP contribution in [0.15, 0.2) is 35.3 Å². The maximum Gasteiger partial charge on any atom is 0.242 e. The maximum atomic E-state index is 12.6. The van der Waals surface area contributed by atoms with Crippen LogP contribution in [0.2, 0.25) is 0 Å². The smallest absolute Gasteiger partial charge is 0.242 e. The highest BCUT2D eigenvalue weighted by atomic mass is 16.2. The minimum absolute atomic E-state index is 0.0202. The predicted octanol–water partition coefficient (Wildman–Crippen LogP) is 2.73. The number of carbonyl (C=O) groups excluding carboxylic acids is 1. The lowest BCUT2D eigenvalue weighted by molar-refractivity contribution is -0.130. The van der Waals surface area contributed by atoms with Crippen molar-refractivity contribution < 1.29 is 4.79 Å². The molecule has 1 aliphatic rings. The maximum absolute atomic E-state index is 12.6. The minimum atomic E-state index is 0.0202. The number of rotatable bonds is 5. The number of hydrogen-bond donors (Lipinski definition) is 1. The lowest BCUT2D eigenvalue weighted by Crippen LogP contribution is -2.72. The molecule has 1 saturated heterocycles. The third-order valence-corrected chi connectivity index (χ3v) is 5.70. The van der Waals surface area contributed by atoms with Crippen LogP contribution in [0.5, 0.6) is 0 Å². The molecule has 1 aromatic rings. The van der Waals surface area contributed by atoms with E-state index < -0.39 is 0 Å². The summed E-state index contributed by atoms with van der Waals surface area (Å²) in [6.07, 6.45) is 0. The van der Waals surface area contributed by atoms with Gasteiger partial charge in [0.1, 0.15) is 0 Å². The SMILES string of the molecule is CCN(Cc1ccccc1)C(=O)CNC(=NC)N1CC(C)(C)C1(C)C. The van der Waals surface area contributed by atoms with Gasteiger partial charge < -0.3 is 15.1 Å². The summed E-state index contributed by atoms with van der Waals surface area (Å²) in [6.45, 7) is 13.5. The van der Waals surface area contributed by atoms with Crippen LogP contribution >= 0.6 is 0 Å². The van der Waals surface area contributed by atoms with Crippen LogP contribution in [0.3, 0.4) is 0 Å². The molecule has 5 nitrogen and oxygen atoms in total. The average Bonchev–Trinajstić information content (AvgIpc) is 2.59. The van der Waals surface area contributed by atoms with Gasteiger partial charge in [0.05, 0.1) is 6.54 Å². The monoisotopic (exact) mass is 344 g/mol. The number of nitrogens with one attached hydrogen (secondary N) is 1. The predicted molar refractivity (Wildman–Crippen MR) is 103 cm³/mol. The van der Waals surface area contributed by atoms with E-state index in [9.17, 15) is 4.79 Å². The first-order chi connectivity index (χ1) is 11.7. The van der Waals surface area contributed by atoms with Gasteiger partial charge in [0, 0.05) is 37.6 Å². The fraction of sp³-hybridized carbons (Fsp3) is 0.600. The molecular formula is C20H32N4O. The van der Waals surface area contributed by atoms with Gasteiger partial charge in [-0.1, -0.05) is 44.2 Å². The van der Waals surface area contributed by atoms with Gasteiger partial charge in [-0.3, -0.25) is 9.79 Å². The Kier molecular flexibility index (Phi) is 5.76. The zero-order valence-corrected chi connectivity index (χ0v) is 16.5. The van der Waals surface area contributed by atoms with E-state index in [1.807, 2.05) is 42.2 Å². The topological polar surface area (TPSA) is 47.9 Å². The third kappa shape index (κ3) is 3.97. The highest BCUT2D eigenvalue weighted by Crippen LogP contribution is 2.46. The highest BCUT2D eigenvalue weighted by Gasteiger charge is 2.53. The van der Waals surface area contributed by atoms with Crippen molar-refractivity contribution in [2.45, 2.75) is 46.7 Å². The van der Waals surface area contributed by atoms with Gasteiger partial charge in [0.25, 0.3) is 0 Å². The van der Waals surface area contributed by atoms with E-state index in [1.165, 1.54) is 0 Å². The van der Waals surface area contributed by atoms with Crippen molar-refractivity contribution in [2.24, 2.45) is 10.4 Å². The van der Waals surface area contributed by atoms with Crippen LogP contribution in [0.1, 0.15) is 40.2 Å². The number of nitrogens with zero attached hydrogens (tertiary/aromatic N) is 3. The first-order valence-electron chi connectivity index (χ1n) is 9.03. The molecule has 25 heavy (non-hydrogen) atoms. The average molecular weight is 345 g/mol. The molecule has 0 unspecified atom stereocenters. The number of benzene rings is 1. The Morgan fingerprint density at radius 1 is 1.24 bits per heavy atom. The van der Waals surface area contributed by atoms with Crippen molar-refractivity contribution in [3.63, 3.8) is 0 Å². The van der Waals surface area contributed by atoms with Gasteiger partial charge in [-0.2, -0.15) is 0 Å². The lowest BCUT2D eigenvalue weighted by atomic mass is 9.65. The van der Waals surface area contributed by atoms with E-state index in [0.29, 0.717) is 13.1 Å². The van der Waals surface area contributed by atoms with Gasteiger partial charge in [0.15, 0.2) is 5.96 Å². The Bertz CT molecular complexity index is 622. The molecule has 1 amide bonds. The Balaban J connectivity index is 1.93. The largest absolute Gasteiger partial charge is 0.347 e. The van der Waals surface area contributed by atoms with E-state index in [4.69, 9.17) is 0 Å². The number of hydrogen-bond acceptors (Lipinski definition) is 2. The molecule has 1 aromatic carbocycles. The number of likely N-dealkylation sites (tertiary alicyclic amines) is 1. The fourth-order valence-corrected chi connectivity index (χ4v) is 3.14. The molecule has 138 valence electrons. The molecule has 1 heterocycles. The molecule has 1 fully saturated rings. The second-order valence-electron chi connectivity index (χ2n) is 7.82. The highest BCUT2D eigenvalue weighted by molar-refractivity contribution is 5.87. The number of guanidine groups is 1.